The summed E-state index contributed by atoms with van der Waals surface area (Å²) in [7, 11) is 0. The Hall–Kier alpha value is -1.12. The van der Waals surface area contributed by atoms with E-state index in [1.165, 1.54) is 11.1 Å². The van der Waals surface area contributed by atoms with E-state index in [2.05, 4.69) is 25.1 Å². The minimum atomic E-state index is -0.249. The zero-order valence-corrected chi connectivity index (χ0v) is 10.3. The summed E-state index contributed by atoms with van der Waals surface area (Å²) < 4.78 is 5.71. The smallest absolute Gasteiger partial charge is 0.0717 e. The molecular weight excluding hydrogens is 212 g/mol. The summed E-state index contributed by atoms with van der Waals surface area (Å²) in [5, 5.41) is 9.86. The molecule has 2 heteroatoms. The van der Waals surface area contributed by atoms with Crippen molar-refractivity contribution in [2.45, 2.75) is 32.5 Å². The number of ether oxygens (including phenoxy) is 1. The molecule has 2 rings (SSSR count). The minimum absolute atomic E-state index is 0.198. The first-order valence-corrected chi connectivity index (χ1v) is 6.30. The lowest BCUT2D eigenvalue weighted by Crippen LogP contribution is -2.21. The molecule has 0 spiro atoms. The summed E-state index contributed by atoms with van der Waals surface area (Å²) >= 11 is 0. The zero-order valence-electron chi connectivity index (χ0n) is 10.3. The second-order valence-corrected chi connectivity index (χ2v) is 4.54. The Morgan fingerprint density at radius 3 is 2.76 bits per heavy atom. The van der Waals surface area contributed by atoms with Crippen LogP contribution in [0.25, 0.3) is 0 Å². The molecule has 1 N–H and O–H groups in total. The Morgan fingerprint density at radius 2 is 2.06 bits per heavy atom. The van der Waals surface area contributed by atoms with Gasteiger partial charge < -0.3 is 9.84 Å². The summed E-state index contributed by atoms with van der Waals surface area (Å²) in [5.74, 6) is 0.198. The highest BCUT2D eigenvalue weighted by molar-refractivity contribution is 5.16. The Morgan fingerprint density at radius 1 is 1.29 bits per heavy atom. The van der Waals surface area contributed by atoms with E-state index < -0.39 is 0 Å². The molecule has 1 aromatic rings. The largest absolute Gasteiger partial charge is 0.392 e. The average molecular weight is 232 g/mol. The fourth-order valence-electron chi connectivity index (χ4n) is 2.34. The summed E-state index contributed by atoms with van der Waals surface area (Å²) in [6.45, 7) is 3.38. The van der Waals surface area contributed by atoms with E-state index in [-0.39, 0.29) is 12.0 Å². The Balaban J connectivity index is 1.80. The van der Waals surface area contributed by atoms with Crippen LogP contribution in [0, 0.1) is 5.92 Å². The van der Waals surface area contributed by atoms with Gasteiger partial charge in [-0.3, -0.25) is 0 Å². The molecule has 1 aromatic carbocycles. The van der Waals surface area contributed by atoms with Crippen LogP contribution in [0.15, 0.2) is 42.0 Å². The van der Waals surface area contributed by atoms with Crippen LogP contribution in [0.3, 0.4) is 0 Å². The van der Waals surface area contributed by atoms with Crippen LogP contribution in [-0.2, 0) is 11.3 Å². The van der Waals surface area contributed by atoms with Crippen molar-refractivity contribution in [2.24, 2.45) is 5.92 Å². The van der Waals surface area contributed by atoms with Crippen molar-refractivity contribution in [2.75, 3.05) is 6.61 Å². The highest BCUT2D eigenvalue weighted by Gasteiger charge is 2.26. The lowest BCUT2D eigenvalue weighted by atomic mass is 9.98. The van der Waals surface area contributed by atoms with E-state index in [0.717, 1.165) is 12.8 Å². The summed E-state index contributed by atoms with van der Waals surface area (Å²) in [6.07, 6.45) is 3.70. The van der Waals surface area contributed by atoms with Gasteiger partial charge in [0.15, 0.2) is 0 Å². The van der Waals surface area contributed by atoms with Crippen LogP contribution < -0.4 is 0 Å². The molecule has 0 heterocycles. The molecule has 0 amide bonds. The summed E-state index contributed by atoms with van der Waals surface area (Å²) in [6, 6.07) is 10.1. The third kappa shape index (κ3) is 3.18. The van der Waals surface area contributed by atoms with Crippen molar-refractivity contribution in [3.05, 3.63) is 47.5 Å². The van der Waals surface area contributed by atoms with Gasteiger partial charge in [0.25, 0.3) is 0 Å². The van der Waals surface area contributed by atoms with Crippen LogP contribution in [0.1, 0.15) is 25.3 Å². The third-order valence-electron chi connectivity index (χ3n) is 3.38. The zero-order chi connectivity index (χ0) is 12.1. The van der Waals surface area contributed by atoms with Gasteiger partial charge in [-0.2, -0.15) is 0 Å². The number of aliphatic hydroxyl groups excluding tert-OH is 1. The lowest BCUT2D eigenvalue weighted by molar-refractivity contribution is 0.0435. The van der Waals surface area contributed by atoms with Crippen molar-refractivity contribution in [3.63, 3.8) is 0 Å². The third-order valence-corrected chi connectivity index (χ3v) is 3.38. The van der Waals surface area contributed by atoms with Gasteiger partial charge in [0.2, 0.25) is 0 Å². The number of hydrogen-bond acceptors (Lipinski definition) is 2. The van der Waals surface area contributed by atoms with Gasteiger partial charge >= 0.3 is 0 Å². The average Bonchev–Trinajstić information content (AvgIpc) is 2.72. The molecule has 0 saturated heterocycles. The summed E-state index contributed by atoms with van der Waals surface area (Å²) in [5.41, 5.74) is 2.52. The van der Waals surface area contributed by atoms with E-state index in [1.54, 1.807) is 0 Å². The second kappa shape index (κ2) is 5.99. The van der Waals surface area contributed by atoms with E-state index in [4.69, 9.17) is 4.74 Å². The Labute approximate surface area is 103 Å². The predicted octanol–water partition coefficient (Wildman–Crippen LogP) is 2.92. The van der Waals surface area contributed by atoms with Crippen LogP contribution in [0.5, 0.6) is 0 Å². The molecule has 1 aliphatic rings. The van der Waals surface area contributed by atoms with E-state index in [1.807, 2.05) is 18.2 Å². The Bertz CT molecular complexity index is 370. The van der Waals surface area contributed by atoms with Crippen molar-refractivity contribution in [1.29, 1.82) is 0 Å². The van der Waals surface area contributed by atoms with Crippen molar-refractivity contribution in [1.82, 2.24) is 0 Å². The van der Waals surface area contributed by atoms with Gasteiger partial charge in [0.1, 0.15) is 0 Å². The SMILES string of the molecule is CCC1=CC[C@H](O)[C@H]1COCc1ccccc1. The van der Waals surface area contributed by atoms with Crippen molar-refractivity contribution >= 4 is 0 Å². The van der Waals surface area contributed by atoms with Crippen LogP contribution in [0.2, 0.25) is 0 Å². The maximum absolute atomic E-state index is 9.86. The molecule has 0 aromatic heterocycles. The first kappa shape index (κ1) is 12.3. The van der Waals surface area contributed by atoms with Gasteiger partial charge in [-0.05, 0) is 18.4 Å². The first-order chi connectivity index (χ1) is 8.31. The van der Waals surface area contributed by atoms with Crippen LogP contribution >= 0.6 is 0 Å². The van der Waals surface area contributed by atoms with E-state index in [0.29, 0.717) is 13.2 Å². The molecule has 17 heavy (non-hydrogen) atoms. The summed E-state index contributed by atoms with van der Waals surface area (Å²) in [4.78, 5) is 0. The van der Waals surface area contributed by atoms with Gasteiger partial charge in [0, 0.05) is 5.92 Å². The highest BCUT2D eigenvalue weighted by Crippen LogP contribution is 2.28. The number of hydrogen-bond donors (Lipinski definition) is 1. The number of benzene rings is 1. The molecule has 0 unspecified atom stereocenters. The number of rotatable bonds is 5. The van der Waals surface area contributed by atoms with Crippen molar-refractivity contribution < 1.29 is 9.84 Å². The molecule has 2 nitrogen and oxygen atoms in total. The molecule has 0 aliphatic heterocycles. The van der Waals surface area contributed by atoms with Gasteiger partial charge in [-0.1, -0.05) is 48.9 Å². The molecular formula is C15H20O2. The predicted molar refractivity (Wildman–Crippen MR) is 68.6 cm³/mol. The second-order valence-electron chi connectivity index (χ2n) is 4.54. The maximum atomic E-state index is 9.86. The number of aliphatic hydroxyl groups is 1. The van der Waals surface area contributed by atoms with E-state index >= 15 is 0 Å². The van der Waals surface area contributed by atoms with Gasteiger partial charge in [-0.15, -0.1) is 0 Å². The van der Waals surface area contributed by atoms with Crippen LogP contribution in [0.4, 0.5) is 0 Å². The lowest BCUT2D eigenvalue weighted by Gasteiger charge is -2.18. The van der Waals surface area contributed by atoms with Crippen molar-refractivity contribution in [3.8, 4) is 0 Å². The molecule has 2 atom stereocenters. The fourth-order valence-corrected chi connectivity index (χ4v) is 2.34. The monoisotopic (exact) mass is 232 g/mol. The van der Waals surface area contributed by atoms with E-state index in [9.17, 15) is 5.11 Å². The van der Waals surface area contributed by atoms with Gasteiger partial charge in [0.05, 0.1) is 19.3 Å². The molecule has 0 radical (unpaired) electrons. The quantitative estimate of drug-likeness (QED) is 0.791. The highest BCUT2D eigenvalue weighted by atomic mass is 16.5. The first-order valence-electron chi connectivity index (χ1n) is 6.30. The van der Waals surface area contributed by atoms with Gasteiger partial charge in [-0.25, -0.2) is 0 Å². The molecule has 0 saturated carbocycles. The minimum Gasteiger partial charge on any atom is -0.392 e. The molecule has 0 fully saturated rings. The maximum Gasteiger partial charge on any atom is 0.0717 e. The topological polar surface area (TPSA) is 29.5 Å². The van der Waals surface area contributed by atoms with Crippen LogP contribution in [-0.4, -0.2) is 17.8 Å². The Kier molecular flexibility index (Phi) is 4.35. The molecule has 0 bridgehead atoms. The molecule has 1 aliphatic carbocycles. The normalized spacial score (nSPS) is 23.8. The fraction of sp³-hybridized carbons (Fsp3) is 0.467. The molecule has 92 valence electrons. The standard InChI is InChI=1S/C15H20O2/c1-2-13-8-9-15(16)14(13)11-17-10-12-6-4-3-5-7-12/h3-8,14-16H,2,9-11H2,1H3/t14-,15-/m0/s1.